The van der Waals surface area contributed by atoms with E-state index in [1.165, 1.54) is 28.6 Å². The van der Waals surface area contributed by atoms with Gasteiger partial charge in [-0.3, -0.25) is 9.59 Å². The predicted octanol–water partition coefficient (Wildman–Crippen LogP) is 4.96. The van der Waals surface area contributed by atoms with Crippen LogP contribution < -0.4 is 19.7 Å². The van der Waals surface area contributed by atoms with E-state index < -0.39 is 15.9 Å². The molecule has 1 fully saturated rings. The Labute approximate surface area is 238 Å². The van der Waals surface area contributed by atoms with Crippen molar-refractivity contribution in [3.8, 4) is 11.5 Å². The van der Waals surface area contributed by atoms with Crippen molar-refractivity contribution in [2.24, 2.45) is 0 Å². The highest BCUT2D eigenvalue weighted by Crippen LogP contribution is 2.35. The molecule has 0 atom stereocenters. The summed E-state index contributed by atoms with van der Waals surface area (Å²) >= 11 is 5.91. The summed E-state index contributed by atoms with van der Waals surface area (Å²) in [7, 11) is -3.58. The van der Waals surface area contributed by atoms with Crippen molar-refractivity contribution < 1.29 is 27.5 Å². The summed E-state index contributed by atoms with van der Waals surface area (Å²) < 4.78 is 38.6. The van der Waals surface area contributed by atoms with Crippen molar-refractivity contribution in [1.29, 1.82) is 0 Å². The second kappa shape index (κ2) is 12.3. The number of rotatable bonds is 9. The fourth-order valence-electron chi connectivity index (χ4n) is 4.70. The number of piperidine rings is 1. The zero-order valence-electron chi connectivity index (χ0n) is 21.8. The average Bonchev–Trinajstić information content (AvgIpc) is 2.97. The Morgan fingerprint density at radius 1 is 0.975 bits per heavy atom. The van der Waals surface area contributed by atoms with Crippen LogP contribution in [0.5, 0.6) is 11.5 Å². The molecule has 2 heterocycles. The SMILES string of the molecule is O=C(Nc1ccc2c(c1)N(CCCOc1ccc(Cl)cc1)C(=O)CO2)c1ccc(S(=O)(=O)N2CCCCC2)cc1. The van der Waals surface area contributed by atoms with Gasteiger partial charge in [0.15, 0.2) is 6.61 Å². The van der Waals surface area contributed by atoms with E-state index >= 15 is 0 Å². The van der Waals surface area contributed by atoms with Crippen LogP contribution in [0.4, 0.5) is 11.4 Å². The van der Waals surface area contributed by atoms with Crippen LogP contribution in [0.2, 0.25) is 5.02 Å². The molecule has 1 N–H and O–H groups in total. The lowest BCUT2D eigenvalue weighted by atomic mass is 10.1. The molecule has 2 aliphatic rings. The molecule has 9 nitrogen and oxygen atoms in total. The third-order valence-corrected chi connectivity index (χ3v) is 9.00. The van der Waals surface area contributed by atoms with Gasteiger partial charge in [-0.05, 0) is 86.0 Å². The molecule has 5 rings (SSSR count). The van der Waals surface area contributed by atoms with Gasteiger partial charge in [-0.25, -0.2) is 8.42 Å². The topological polar surface area (TPSA) is 105 Å². The Balaban J connectivity index is 1.22. The smallest absolute Gasteiger partial charge is 0.265 e. The highest BCUT2D eigenvalue weighted by atomic mass is 35.5. The number of halogens is 1. The predicted molar refractivity (Wildman–Crippen MR) is 153 cm³/mol. The van der Waals surface area contributed by atoms with E-state index in [1.807, 2.05) is 0 Å². The Bertz CT molecular complexity index is 1470. The van der Waals surface area contributed by atoms with Gasteiger partial charge in [0, 0.05) is 35.9 Å². The average molecular weight is 584 g/mol. The van der Waals surface area contributed by atoms with E-state index in [4.69, 9.17) is 21.1 Å². The van der Waals surface area contributed by atoms with E-state index in [2.05, 4.69) is 5.32 Å². The number of carbonyl (C=O) groups excluding carboxylic acids is 2. The molecule has 0 aromatic heterocycles. The van der Waals surface area contributed by atoms with Crippen LogP contribution in [-0.4, -0.2) is 57.4 Å². The van der Waals surface area contributed by atoms with Crippen LogP contribution in [0.25, 0.3) is 0 Å². The fourth-order valence-corrected chi connectivity index (χ4v) is 6.35. The fraction of sp³-hybridized carbons (Fsp3) is 0.310. The Morgan fingerprint density at radius 2 is 1.70 bits per heavy atom. The molecule has 0 aliphatic carbocycles. The number of carbonyl (C=O) groups is 2. The van der Waals surface area contributed by atoms with E-state index in [0.717, 1.165) is 19.3 Å². The van der Waals surface area contributed by atoms with Crippen molar-refractivity contribution in [3.05, 3.63) is 77.3 Å². The maximum absolute atomic E-state index is 12.9. The third-order valence-electron chi connectivity index (χ3n) is 6.84. The van der Waals surface area contributed by atoms with Crippen LogP contribution in [0.1, 0.15) is 36.0 Å². The summed E-state index contributed by atoms with van der Waals surface area (Å²) in [5, 5.41) is 3.46. The Morgan fingerprint density at radius 3 is 2.42 bits per heavy atom. The van der Waals surface area contributed by atoms with Crippen LogP contribution in [0, 0.1) is 0 Å². The summed E-state index contributed by atoms with van der Waals surface area (Å²) in [6, 6.07) is 18.1. The zero-order valence-corrected chi connectivity index (χ0v) is 23.4. The molecule has 11 heteroatoms. The van der Waals surface area contributed by atoms with Crippen LogP contribution >= 0.6 is 11.6 Å². The van der Waals surface area contributed by atoms with Gasteiger partial charge in [0.2, 0.25) is 10.0 Å². The normalized spacial score (nSPS) is 15.7. The molecule has 3 aromatic carbocycles. The van der Waals surface area contributed by atoms with E-state index in [1.54, 1.807) is 47.4 Å². The monoisotopic (exact) mass is 583 g/mol. The molecule has 210 valence electrons. The van der Waals surface area contributed by atoms with E-state index in [9.17, 15) is 18.0 Å². The number of hydrogen-bond acceptors (Lipinski definition) is 6. The van der Waals surface area contributed by atoms with Crippen molar-refractivity contribution in [3.63, 3.8) is 0 Å². The lowest BCUT2D eigenvalue weighted by Gasteiger charge is -2.30. The maximum atomic E-state index is 12.9. The number of nitrogens with zero attached hydrogens (tertiary/aromatic N) is 2. The van der Waals surface area contributed by atoms with Gasteiger partial charge in [0.1, 0.15) is 11.5 Å². The molecule has 40 heavy (non-hydrogen) atoms. The summed E-state index contributed by atoms with van der Waals surface area (Å²) in [6.45, 7) is 1.78. The molecule has 3 aromatic rings. The van der Waals surface area contributed by atoms with Crippen molar-refractivity contribution >= 4 is 44.8 Å². The number of benzene rings is 3. The number of amides is 2. The molecule has 1 saturated heterocycles. The highest BCUT2D eigenvalue weighted by Gasteiger charge is 2.27. The molecular formula is C29H30ClN3O6S. The molecule has 0 bridgehead atoms. The van der Waals surface area contributed by atoms with Gasteiger partial charge >= 0.3 is 0 Å². The minimum absolute atomic E-state index is 0.0660. The van der Waals surface area contributed by atoms with Gasteiger partial charge in [-0.15, -0.1) is 0 Å². The Hall–Kier alpha value is -3.60. The second-order valence-corrected chi connectivity index (χ2v) is 12.0. The van der Waals surface area contributed by atoms with Gasteiger partial charge in [-0.2, -0.15) is 4.31 Å². The number of nitrogens with one attached hydrogen (secondary N) is 1. The summed E-state index contributed by atoms with van der Waals surface area (Å²) in [6.07, 6.45) is 3.32. The third kappa shape index (κ3) is 6.41. The molecule has 0 spiro atoms. The second-order valence-electron chi connectivity index (χ2n) is 9.62. The van der Waals surface area contributed by atoms with Gasteiger partial charge in [-0.1, -0.05) is 18.0 Å². The lowest BCUT2D eigenvalue weighted by Crippen LogP contribution is -2.39. The summed E-state index contributed by atoms with van der Waals surface area (Å²) in [5.74, 6) is 0.657. The number of anilines is 2. The van der Waals surface area contributed by atoms with Gasteiger partial charge in [0.05, 0.1) is 17.2 Å². The minimum Gasteiger partial charge on any atom is -0.494 e. The molecular weight excluding hydrogens is 554 g/mol. The lowest BCUT2D eigenvalue weighted by molar-refractivity contribution is -0.121. The van der Waals surface area contributed by atoms with Crippen molar-refractivity contribution in [2.75, 3.05) is 43.1 Å². The maximum Gasteiger partial charge on any atom is 0.265 e. The summed E-state index contributed by atoms with van der Waals surface area (Å²) in [4.78, 5) is 27.4. The molecule has 0 saturated carbocycles. The van der Waals surface area contributed by atoms with E-state index in [0.29, 0.717) is 66.1 Å². The van der Waals surface area contributed by atoms with Gasteiger partial charge in [0.25, 0.3) is 11.8 Å². The largest absolute Gasteiger partial charge is 0.494 e. The summed E-state index contributed by atoms with van der Waals surface area (Å²) in [5.41, 5.74) is 1.36. The quantitative estimate of drug-likeness (QED) is 0.357. The van der Waals surface area contributed by atoms with E-state index in [-0.39, 0.29) is 17.4 Å². The highest BCUT2D eigenvalue weighted by molar-refractivity contribution is 7.89. The van der Waals surface area contributed by atoms with Crippen LogP contribution in [0.3, 0.4) is 0 Å². The first kappa shape index (κ1) is 27.9. The number of fused-ring (bicyclic) bond motifs is 1. The first-order valence-electron chi connectivity index (χ1n) is 13.2. The first-order chi connectivity index (χ1) is 19.3. The number of hydrogen-bond donors (Lipinski definition) is 1. The van der Waals surface area contributed by atoms with Crippen molar-refractivity contribution in [1.82, 2.24) is 4.31 Å². The molecule has 2 amide bonds. The zero-order chi connectivity index (χ0) is 28.1. The molecule has 2 aliphatic heterocycles. The number of ether oxygens (including phenoxy) is 2. The number of sulfonamides is 1. The van der Waals surface area contributed by atoms with Crippen LogP contribution in [0.15, 0.2) is 71.6 Å². The van der Waals surface area contributed by atoms with Gasteiger partial charge < -0.3 is 19.7 Å². The van der Waals surface area contributed by atoms with Crippen molar-refractivity contribution in [2.45, 2.75) is 30.6 Å². The Kier molecular flexibility index (Phi) is 8.58. The minimum atomic E-state index is -3.58. The van der Waals surface area contributed by atoms with Crippen LogP contribution in [-0.2, 0) is 14.8 Å². The molecule has 0 unspecified atom stereocenters. The first-order valence-corrected chi connectivity index (χ1v) is 15.0. The molecule has 0 radical (unpaired) electrons. The standard InChI is InChI=1S/C29H30ClN3O6S/c30-22-7-10-24(11-8-22)38-18-4-17-33-26-19-23(9-14-27(26)39-20-28(33)34)31-29(35)21-5-12-25(13-6-21)40(36,37)32-15-2-1-3-16-32/h5-14,19H,1-4,15-18,20H2,(H,31,35).